The standard InChI is InChI=1S/C30H50B/c1-27(2)13-7-15-29(5)21-11-9-19(25(21)27)23(29)17-31-18-24-20-10-12-22-26(20)28(3,4)14-8-16-30(22,24)6/h19-26H,7-18H2,1-6H3/t19-,20+,21?,22?,23?,24?,25+,26-,29?,30?. The van der Waals surface area contributed by atoms with Crippen LogP contribution in [0.5, 0.6) is 0 Å². The van der Waals surface area contributed by atoms with Gasteiger partial charge in [-0.05, 0) is 120 Å². The highest BCUT2D eigenvalue weighted by atomic mass is 14.7. The first-order valence-electron chi connectivity index (χ1n) is 14.4. The summed E-state index contributed by atoms with van der Waals surface area (Å²) in [5.41, 5.74) is 2.51. The number of hydrogen-bond acceptors (Lipinski definition) is 0. The van der Waals surface area contributed by atoms with Crippen LogP contribution in [0.3, 0.4) is 0 Å². The molecule has 6 unspecified atom stereocenters. The van der Waals surface area contributed by atoms with Gasteiger partial charge < -0.3 is 0 Å². The third-order valence-corrected chi connectivity index (χ3v) is 13.6. The smallest absolute Gasteiger partial charge is 0.0767 e. The van der Waals surface area contributed by atoms with E-state index >= 15 is 0 Å². The maximum absolute atomic E-state index is 2.88. The van der Waals surface area contributed by atoms with Crippen molar-refractivity contribution in [3.05, 3.63) is 0 Å². The lowest BCUT2D eigenvalue weighted by Crippen LogP contribution is -2.36. The van der Waals surface area contributed by atoms with Crippen molar-refractivity contribution in [1.29, 1.82) is 0 Å². The summed E-state index contributed by atoms with van der Waals surface area (Å²) in [5, 5.41) is 0. The summed E-state index contributed by atoms with van der Waals surface area (Å²) in [6, 6.07) is 0. The van der Waals surface area contributed by atoms with E-state index in [1.807, 2.05) is 0 Å². The lowest BCUT2D eigenvalue weighted by atomic mass is 9.50. The highest BCUT2D eigenvalue weighted by molar-refractivity contribution is 6.35. The average Bonchev–Trinajstić information content (AvgIpc) is 3.37. The second kappa shape index (κ2) is 6.81. The summed E-state index contributed by atoms with van der Waals surface area (Å²) in [4.78, 5) is 0. The van der Waals surface area contributed by atoms with Crippen LogP contribution in [-0.2, 0) is 0 Å². The third kappa shape index (κ3) is 2.79. The molecular formula is C30H50B. The minimum atomic E-state index is 0.595. The number of hydrogen-bond donors (Lipinski definition) is 0. The fourth-order valence-corrected chi connectivity index (χ4v) is 12.5. The Morgan fingerprint density at radius 1 is 0.581 bits per heavy atom. The minimum absolute atomic E-state index is 0.595. The molecule has 6 aliphatic carbocycles. The molecule has 0 nitrogen and oxygen atoms in total. The largest absolute Gasteiger partial charge is 0.110 e. The summed E-state index contributed by atoms with van der Waals surface area (Å²) < 4.78 is 0. The minimum Gasteiger partial charge on any atom is -0.0767 e. The van der Waals surface area contributed by atoms with Crippen LogP contribution >= 0.6 is 0 Å². The van der Waals surface area contributed by atoms with Gasteiger partial charge >= 0.3 is 0 Å². The van der Waals surface area contributed by atoms with E-state index in [0.29, 0.717) is 21.7 Å². The van der Waals surface area contributed by atoms with Gasteiger partial charge in [0.2, 0.25) is 0 Å². The molecule has 0 N–H and O–H groups in total. The van der Waals surface area contributed by atoms with E-state index in [0.717, 1.165) is 47.3 Å². The molecule has 0 aromatic rings. The highest BCUT2D eigenvalue weighted by Gasteiger charge is 2.66. The number of rotatable bonds is 4. The first-order chi connectivity index (χ1) is 14.6. The molecule has 0 aromatic heterocycles. The molecule has 10 atom stereocenters. The Labute approximate surface area is 194 Å². The molecule has 0 heterocycles. The molecule has 173 valence electrons. The molecule has 0 saturated heterocycles. The predicted molar refractivity (Wildman–Crippen MR) is 133 cm³/mol. The second-order valence-corrected chi connectivity index (χ2v) is 15.4. The molecule has 6 aliphatic rings. The van der Waals surface area contributed by atoms with Gasteiger partial charge in [-0.1, -0.05) is 67.0 Å². The van der Waals surface area contributed by atoms with Gasteiger partial charge in [-0.25, -0.2) is 0 Å². The third-order valence-electron chi connectivity index (χ3n) is 13.6. The average molecular weight is 422 g/mol. The Balaban J connectivity index is 1.18. The van der Waals surface area contributed by atoms with Crippen molar-refractivity contribution in [2.45, 2.75) is 118 Å². The molecule has 1 heteroatoms. The monoisotopic (exact) mass is 421 g/mol. The lowest BCUT2D eigenvalue weighted by molar-refractivity contribution is 0.0939. The Morgan fingerprint density at radius 3 is 1.42 bits per heavy atom. The van der Waals surface area contributed by atoms with Gasteiger partial charge in [0.25, 0.3) is 0 Å². The van der Waals surface area contributed by atoms with Gasteiger partial charge in [-0.2, -0.15) is 0 Å². The summed E-state index contributed by atoms with van der Waals surface area (Å²) in [6.45, 7) is 16.0. The molecule has 1 radical (unpaired) electrons. The zero-order valence-corrected chi connectivity index (χ0v) is 21.7. The normalized spacial score (nSPS) is 55.8. The topological polar surface area (TPSA) is 0 Å². The van der Waals surface area contributed by atoms with Crippen molar-refractivity contribution in [2.75, 3.05) is 0 Å². The van der Waals surface area contributed by atoms with Crippen LogP contribution in [0.1, 0.15) is 106 Å². The zero-order valence-electron chi connectivity index (χ0n) is 21.7. The highest BCUT2D eigenvalue weighted by Crippen LogP contribution is 2.73. The molecule has 6 rings (SSSR count). The zero-order chi connectivity index (χ0) is 21.8. The maximum Gasteiger partial charge on any atom is 0.110 e. The molecule has 0 amide bonds. The first kappa shape index (κ1) is 21.6. The van der Waals surface area contributed by atoms with Gasteiger partial charge in [0, 0.05) is 0 Å². The lowest BCUT2D eigenvalue weighted by Gasteiger charge is -2.44. The van der Waals surface area contributed by atoms with Crippen LogP contribution in [0.15, 0.2) is 0 Å². The van der Waals surface area contributed by atoms with E-state index in [4.69, 9.17) is 0 Å². The molecule has 8 bridgehead atoms. The van der Waals surface area contributed by atoms with Crippen molar-refractivity contribution in [3.8, 4) is 0 Å². The van der Waals surface area contributed by atoms with E-state index < -0.39 is 0 Å². The van der Waals surface area contributed by atoms with Gasteiger partial charge in [0.1, 0.15) is 7.28 Å². The fraction of sp³-hybridized carbons (Fsp3) is 1.00. The molecule has 31 heavy (non-hydrogen) atoms. The summed E-state index contributed by atoms with van der Waals surface area (Å²) >= 11 is 0. The van der Waals surface area contributed by atoms with Crippen molar-refractivity contribution < 1.29 is 0 Å². The van der Waals surface area contributed by atoms with Crippen molar-refractivity contribution in [2.24, 2.45) is 69.0 Å². The first-order valence-corrected chi connectivity index (χ1v) is 14.4. The van der Waals surface area contributed by atoms with Crippen LogP contribution < -0.4 is 0 Å². The van der Waals surface area contributed by atoms with Gasteiger partial charge in [0.15, 0.2) is 0 Å². The second-order valence-electron chi connectivity index (χ2n) is 15.4. The van der Waals surface area contributed by atoms with Crippen LogP contribution in [-0.4, -0.2) is 7.28 Å². The molecule has 6 fully saturated rings. The fourth-order valence-electron chi connectivity index (χ4n) is 12.5. The van der Waals surface area contributed by atoms with E-state index in [9.17, 15) is 0 Å². The van der Waals surface area contributed by atoms with E-state index in [1.54, 1.807) is 25.7 Å². The molecule has 0 aliphatic heterocycles. The SMILES string of the molecule is CC12CCCC(C)(C)[C@@H]3C1CC[C@@H]3C2C[B]CC1[C@@H]2CCC3[C@@H]2C(C)(C)CCCC13C. The van der Waals surface area contributed by atoms with Crippen molar-refractivity contribution >= 4 is 7.28 Å². The summed E-state index contributed by atoms with van der Waals surface area (Å²) in [6.07, 6.45) is 18.1. The Morgan fingerprint density at radius 2 is 1.00 bits per heavy atom. The van der Waals surface area contributed by atoms with E-state index in [1.165, 1.54) is 51.2 Å². The van der Waals surface area contributed by atoms with Crippen molar-refractivity contribution in [1.82, 2.24) is 0 Å². The van der Waals surface area contributed by atoms with Crippen molar-refractivity contribution in [3.63, 3.8) is 0 Å². The van der Waals surface area contributed by atoms with Crippen LogP contribution in [0.2, 0.25) is 12.6 Å². The maximum atomic E-state index is 2.88. The Bertz CT molecular complexity index is 662. The van der Waals surface area contributed by atoms with E-state index in [2.05, 4.69) is 48.8 Å². The van der Waals surface area contributed by atoms with Crippen LogP contribution in [0.25, 0.3) is 0 Å². The van der Waals surface area contributed by atoms with E-state index in [-0.39, 0.29) is 0 Å². The Hall–Kier alpha value is 0.0649. The predicted octanol–water partition coefficient (Wildman–Crippen LogP) is 8.50. The van der Waals surface area contributed by atoms with Crippen LogP contribution in [0, 0.1) is 69.0 Å². The van der Waals surface area contributed by atoms with Gasteiger partial charge in [-0.15, -0.1) is 0 Å². The molecular weight excluding hydrogens is 371 g/mol. The Kier molecular flexibility index (Phi) is 4.74. The summed E-state index contributed by atoms with van der Waals surface area (Å²) in [5.74, 6) is 8.22. The van der Waals surface area contributed by atoms with Gasteiger partial charge in [-0.3, -0.25) is 0 Å². The molecule has 0 spiro atoms. The van der Waals surface area contributed by atoms with Gasteiger partial charge in [0.05, 0.1) is 0 Å². The van der Waals surface area contributed by atoms with Crippen LogP contribution in [0.4, 0.5) is 0 Å². The molecule has 6 saturated carbocycles. The molecule has 0 aromatic carbocycles. The summed E-state index contributed by atoms with van der Waals surface area (Å²) in [7, 11) is 2.88. The quantitative estimate of drug-likeness (QED) is 0.399.